The first-order chi connectivity index (χ1) is 16.4. The third-order valence-electron chi connectivity index (χ3n) is 7.10. The molecule has 0 N–H and O–H groups in total. The van der Waals surface area contributed by atoms with Gasteiger partial charge in [0.1, 0.15) is 6.67 Å². The molecule has 5 rings (SSSR count). The summed E-state index contributed by atoms with van der Waals surface area (Å²) in [5, 5.41) is 9.56. The molecule has 1 fully saturated rings. The highest BCUT2D eigenvalue weighted by molar-refractivity contribution is 5.84. The minimum absolute atomic E-state index is 0.0134. The van der Waals surface area contributed by atoms with Gasteiger partial charge in [0.25, 0.3) is 0 Å². The van der Waals surface area contributed by atoms with Crippen LogP contribution in [0.15, 0.2) is 39.7 Å². The molecule has 3 aromatic rings. The summed E-state index contributed by atoms with van der Waals surface area (Å²) in [4.78, 5) is 33.8. The summed E-state index contributed by atoms with van der Waals surface area (Å²) in [5.74, 6) is -0.413. The monoisotopic (exact) mass is 463 g/mol. The lowest BCUT2D eigenvalue weighted by atomic mass is 9.82. The standard InChI is InChI=1S/C25H26FN5O3/c1-29-21-11-17(2-3-22(21)34-24(29)33)14-30-9-6-25(16-30,5-7-27)23(32)31-8-4-20-19(15-31)10-18(12-26)13-28-20/h2-3,10-11,13H,4-6,8-9,12,14-16H2,1H3. The van der Waals surface area contributed by atoms with Crippen LogP contribution >= 0.6 is 0 Å². The zero-order chi connectivity index (χ0) is 23.9. The van der Waals surface area contributed by atoms with Crippen LogP contribution in [-0.4, -0.2) is 44.9 Å². The average molecular weight is 464 g/mol. The highest BCUT2D eigenvalue weighted by Crippen LogP contribution is 2.38. The van der Waals surface area contributed by atoms with Gasteiger partial charge < -0.3 is 9.32 Å². The van der Waals surface area contributed by atoms with Gasteiger partial charge in [0.15, 0.2) is 5.58 Å². The van der Waals surface area contributed by atoms with Crippen molar-refractivity contribution in [3.63, 3.8) is 0 Å². The van der Waals surface area contributed by atoms with E-state index < -0.39 is 17.8 Å². The minimum Gasteiger partial charge on any atom is -0.408 e. The number of aryl methyl sites for hydroxylation is 1. The summed E-state index contributed by atoms with van der Waals surface area (Å²) in [5.41, 5.74) is 3.84. The van der Waals surface area contributed by atoms with Crippen molar-refractivity contribution in [3.8, 4) is 6.07 Å². The third kappa shape index (κ3) is 3.88. The molecule has 0 spiro atoms. The highest BCUT2D eigenvalue weighted by atomic mass is 19.1. The number of carbonyl (C=O) groups is 1. The Labute approximate surface area is 196 Å². The van der Waals surface area contributed by atoms with Crippen LogP contribution in [-0.2, 0) is 38.0 Å². The van der Waals surface area contributed by atoms with Crippen LogP contribution < -0.4 is 5.76 Å². The van der Waals surface area contributed by atoms with E-state index in [0.717, 1.165) is 22.3 Å². The zero-order valence-electron chi connectivity index (χ0n) is 19.1. The molecule has 0 aliphatic carbocycles. The molecule has 0 saturated carbocycles. The van der Waals surface area contributed by atoms with Crippen molar-refractivity contribution in [3.05, 3.63) is 63.4 Å². The Hall–Kier alpha value is -3.51. The van der Waals surface area contributed by atoms with Crippen molar-refractivity contribution < 1.29 is 13.6 Å². The van der Waals surface area contributed by atoms with E-state index in [0.29, 0.717) is 56.7 Å². The Bertz CT molecular complexity index is 1360. The van der Waals surface area contributed by atoms with Gasteiger partial charge in [-0.3, -0.25) is 19.2 Å². The number of nitrogens with zero attached hydrogens (tertiary/aromatic N) is 5. The molecule has 1 saturated heterocycles. The summed E-state index contributed by atoms with van der Waals surface area (Å²) in [6.45, 7) is 2.17. The van der Waals surface area contributed by atoms with Gasteiger partial charge in [0.05, 0.1) is 23.4 Å². The number of pyridine rings is 1. The second-order valence-electron chi connectivity index (χ2n) is 9.36. The van der Waals surface area contributed by atoms with Crippen LogP contribution in [0.25, 0.3) is 11.1 Å². The van der Waals surface area contributed by atoms with Gasteiger partial charge in [-0.15, -0.1) is 0 Å². The average Bonchev–Trinajstić information content (AvgIpc) is 3.39. The van der Waals surface area contributed by atoms with Gasteiger partial charge >= 0.3 is 5.76 Å². The SMILES string of the molecule is Cn1c(=O)oc2ccc(CN3CCC(CC#N)(C(=O)N4CCc5ncc(CF)cc5C4)C3)cc21. The number of carbonyl (C=O) groups excluding carboxylic acids is 1. The molecule has 0 bridgehead atoms. The number of hydrogen-bond acceptors (Lipinski definition) is 6. The number of nitriles is 1. The van der Waals surface area contributed by atoms with Gasteiger partial charge in [-0.1, -0.05) is 6.07 Å². The number of alkyl halides is 1. The molecule has 34 heavy (non-hydrogen) atoms. The first-order valence-electron chi connectivity index (χ1n) is 11.4. The van der Waals surface area contributed by atoms with Crippen molar-refractivity contribution in [2.45, 2.75) is 39.0 Å². The van der Waals surface area contributed by atoms with E-state index in [2.05, 4.69) is 16.0 Å². The predicted octanol–water partition coefficient (Wildman–Crippen LogP) is 2.69. The molecule has 4 heterocycles. The lowest BCUT2D eigenvalue weighted by molar-refractivity contribution is -0.142. The van der Waals surface area contributed by atoms with Crippen LogP contribution in [0.1, 0.15) is 35.2 Å². The van der Waals surface area contributed by atoms with E-state index in [-0.39, 0.29) is 12.3 Å². The molecule has 9 heteroatoms. The van der Waals surface area contributed by atoms with Crippen molar-refractivity contribution in [1.29, 1.82) is 5.26 Å². The highest BCUT2D eigenvalue weighted by Gasteiger charge is 2.47. The van der Waals surface area contributed by atoms with Gasteiger partial charge in [-0.05, 0) is 42.3 Å². The number of benzene rings is 1. The molecular formula is C25H26FN5O3. The van der Waals surface area contributed by atoms with Gasteiger partial charge in [-0.2, -0.15) is 5.26 Å². The van der Waals surface area contributed by atoms with Gasteiger partial charge in [0.2, 0.25) is 5.91 Å². The van der Waals surface area contributed by atoms with Crippen LogP contribution in [0.5, 0.6) is 0 Å². The molecule has 8 nitrogen and oxygen atoms in total. The summed E-state index contributed by atoms with van der Waals surface area (Å²) in [6, 6.07) is 9.68. The second-order valence-corrected chi connectivity index (χ2v) is 9.36. The minimum atomic E-state index is -0.760. The van der Waals surface area contributed by atoms with E-state index in [1.807, 2.05) is 12.1 Å². The quantitative estimate of drug-likeness (QED) is 0.577. The lowest BCUT2D eigenvalue weighted by Gasteiger charge is -2.36. The first-order valence-corrected chi connectivity index (χ1v) is 11.4. The fourth-order valence-electron chi connectivity index (χ4n) is 5.23. The summed E-state index contributed by atoms with van der Waals surface area (Å²) < 4.78 is 19.8. The molecule has 0 radical (unpaired) electrons. The molecule has 1 amide bonds. The summed E-state index contributed by atoms with van der Waals surface area (Å²) >= 11 is 0. The Morgan fingerprint density at radius 2 is 2.15 bits per heavy atom. The normalized spacial score (nSPS) is 20.4. The van der Waals surface area contributed by atoms with E-state index in [1.165, 1.54) is 4.57 Å². The zero-order valence-corrected chi connectivity index (χ0v) is 19.1. The van der Waals surface area contributed by atoms with Gasteiger partial charge in [0, 0.05) is 57.1 Å². The van der Waals surface area contributed by atoms with Crippen LogP contribution in [0.2, 0.25) is 0 Å². The molecule has 2 aromatic heterocycles. The molecule has 1 atom stereocenters. The second kappa shape index (κ2) is 8.69. The van der Waals surface area contributed by atoms with E-state index in [1.54, 1.807) is 30.3 Å². The maximum absolute atomic E-state index is 13.7. The van der Waals surface area contributed by atoms with Crippen LogP contribution in [0.3, 0.4) is 0 Å². The fraction of sp³-hybridized carbons (Fsp3) is 0.440. The molecule has 176 valence electrons. The number of likely N-dealkylation sites (tertiary alicyclic amines) is 1. The number of fused-ring (bicyclic) bond motifs is 2. The van der Waals surface area contributed by atoms with E-state index >= 15 is 0 Å². The number of oxazole rings is 1. The van der Waals surface area contributed by atoms with Crippen LogP contribution in [0, 0.1) is 16.7 Å². The van der Waals surface area contributed by atoms with Crippen molar-refractivity contribution in [2.24, 2.45) is 12.5 Å². The maximum atomic E-state index is 13.7. The fourth-order valence-corrected chi connectivity index (χ4v) is 5.23. The Kier molecular flexibility index (Phi) is 5.70. The van der Waals surface area contributed by atoms with Crippen molar-refractivity contribution in [2.75, 3.05) is 19.6 Å². The maximum Gasteiger partial charge on any atom is 0.419 e. The lowest BCUT2D eigenvalue weighted by Crippen LogP contribution is -2.47. The topological polar surface area (TPSA) is 95.4 Å². The number of amides is 1. The largest absolute Gasteiger partial charge is 0.419 e. The number of rotatable bonds is 5. The first kappa shape index (κ1) is 22.3. The van der Waals surface area contributed by atoms with E-state index in [9.17, 15) is 19.2 Å². The molecule has 1 aromatic carbocycles. The smallest absolute Gasteiger partial charge is 0.408 e. The Morgan fingerprint density at radius 3 is 2.94 bits per heavy atom. The predicted molar refractivity (Wildman–Crippen MR) is 122 cm³/mol. The Morgan fingerprint density at radius 1 is 1.29 bits per heavy atom. The molecule has 2 aliphatic rings. The van der Waals surface area contributed by atoms with E-state index in [4.69, 9.17) is 4.42 Å². The van der Waals surface area contributed by atoms with Crippen LogP contribution in [0.4, 0.5) is 4.39 Å². The molecule has 1 unspecified atom stereocenters. The third-order valence-corrected chi connectivity index (χ3v) is 7.10. The Balaban J connectivity index is 1.33. The number of aromatic nitrogens is 2. The van der Waals surface area contributed by atoms with Gasteiger partial charge in [-0.25, -0.2) is 9.18 Å². The number of halogens is 1. The molecular weight excluding hydrogens is 437 g/mol. The number of hydrogen-bond donors (Lipinski definition) is 0. The summed E-state index contributed by atoms with van der Waals surface area (Å²) in [6.07, 6.45) is 2.95. The summed E-state index contributed by atoms with van der Waals surface area (Å²) in [7, 11) is 1.67. The molecule has 2 aliphatic heterocycles. The van der Waals surface area contributed by atoms with Crippen molar-refractivity contribution in [1.82, 2.24) is 19.4 Å². The van der Waals surface area contributed by atoms with Crippen molar-refractivity contribution >= 4 is 17.0 Å².